The van der Waals surface area contributed by atoms with E-state index in [4.69, 9.17) is 4.74 Å². The molecular formula is C34H33F5N4O4S. The number of alkyl halides is 3. The minimum atomic E-state index is -4.58. The molecule has 1 heterocycles. The number of amides is 3. The molecule has 0 unspecified atom stereocenters. The molecule has 0 aliphatic heterocycles. The van der Waals surface area contributed by atoms with Crippen molar-refractivity contribution >= 4 is 50.1 Å². The molecule has 254 valence electrons. The van der Waals surface area contributed by atoms with Crippen LogP contribution in [0.4, 0.5) is 32.8 Å². The second kappa shape index (κ2) is 14.7. The van der Waals surface area contributed by atoms with E-state index < -0.39 is 35.7 Å². The van der Waals surface area contributed by atoms with Gasteiger partial charge in [0.2, 0.25) is 17.7 Å². The summed E-state index contributed by atoms with van der Waals surface area (Å²) in [6, 6.07) is 10.2. The van der Waals surface area contributed by atoms with Gasteiger partial charge in [-0.15, -0.1) is 0 Å². The predicted octanol–water partition coefficient (Wildman–Crippen LogP) is 8.23. The van der Waals surface area contributed by atoms with E-state index in [-0.39, 0.29) is 57.6 Å². The quantitative estimate of drug-likeness (QED) is 0.146. The molecule has 3 N–H and O–H groups in total. The molecule has 4 aromatic rings. The molecule has 1 fully saturated rings. The van der Waals surface area contributed by atoms with Crippen molar-refractivity contribution in [2.24, 2.45) is 11.8 Å². The minimum Gasteiger partial charge on any atom is -0.454 e. The number of nitrogens with one attached hydrogen (secondary N) is 3. The lowest BCUT2D eigenvalue weighted by Crippen LogP contribution is -2.39. The molecule has 1 aliphatic carbocycles. The molecule has 5 rings (SSSR count). The maximum Gasteiger partial charge on any atom is 0.416 e. The van der Waals surface area contributed by atoms with Gasteiger partial charge >= 0.3 is 6.18 Å². The third-order valence-electron chi connectivity index (χ3n) is 7.79. The first kappa shape index (κ1) is 34.7. The maximum absolute atomic E-state index is 15.0. The maximum atomic E-state index is 15.0. The number of carbonyl (C=O) groups is 3. The van der Waals surface area contributed by atoms with Crippen LogP contribution >= 0.6 is 11.3 Å². The van der Waals surface area contributed by atoms with E-state index in [1.54, 1.807) is 0 Å². The number of aromatic nitrogens is 1. The van der Waals surface area contributed by atoms with Crippen LogP contribution in [0.25, 0.3) is 10.2 Å². The fourth-order valence-corrected chi connectivity index (χ4v) is 6.33. The smallest absolute Gasteiger partial charge is 0.416 e. The number of benzene rings is 3. The molecule has 14 heteroatoms. The van der Waals surface area contributed by atoms with Gasteiger partial charge in [-0.2, -0.15) is 13.2 Å². The molecule has 1 aromatic heterocycles. The van der Waals surface area contributed by atoms with E-state index in [0.717, 1.165) is 41.7 Å². The van der Waals surface area contributed by atoms with Crippen LogP contribution in [0.5, 0.6) is 11.5 Å². The Labute approximate surface area is 277 Å². The number of thiazole rings is 1. The molecule has 0 radical (unpaired) electrons. The topological polar surface area (TPSA) is 109 Å². The number of carbonyl (C=O) groups excluding carboxylic acids is 3. The van der Waals surface area contributed by atoms with Crippen molar-refractivity contribution in [3.8, 4) is 11.5 Å². The van der Waals surface area contributed by atoms with Gasteiger partial charge in [0.25, 0.3) is 0 Å². The lowest BCUT2D eigenvalue weighted by molar-refractivity contribution is -0.137. The lowest BCUT2D eigenvalue weighted by Gasteiger charge is -2.28. The van der Waals surface area contributed by atoms with E-state index in [2.05, 4.69) is 20.9 Å². The minimum absolute atomic E-state index is 0.0157. The first-order valence-electron chi connectivity index (χ1n) is 15.4. The number of anilines is 2. The summed E-state index contributed by atoms with van der Waals surface area (Å²) in [4.78, 5) is 41.9. The predicted molar refractivity (Wildman–Crippen MR) is 172 cm³/mol. The Balaban J connectivity index is 1.20. The van der Waals surface area contributed by atoms with Crippen LogP contribution in [0.1, 0.15) is 57.1 Å². The highest BCUT2D eigenvalue weighted by Crippen LogP contribution is 2.36. The van der Waals surface area contributed by atoms with Crippen molar-refractivity contribution in [2.45, 2.75) is 64.6 Å². The molecule has 3 amide bonds. The number of hydrogen-bond donors (Lipinski definition) is 3. The molecular weight excluding hydrogens is 655 g/mol. The Hall–Kier alpha value is -4.59. The summed E-state index contributed by atoms with van der Waals surface area (Å²) in [5, 5.41) is 8.45. The van der Waals surface area contributed by atoms with Crippen LogP contribution in [-0.2, 0) is 27.0 Å². The average molecular weight is 689 g/mol. The standard InChI is InChI=1S/C34H33F5N4O4S/c1-18(2)12-30(44)40-22-8-6-20(7-9-22)32(46)43-33-42-27-16-25(36)28(17-29(27)48-33)47-23-10-11-24(35)26(15-23)41-31(45)14-19-4-3-5-21(13-19)34(37,38)39/h3-5,10-11,13,15-18,20,22H,6-9,12,14H2,1-2H3,(H,40,44)(H,41,45)(H,42,43,46). The van der Waals surface area contributed by atoms with E-state index in [1.165, 1.54) is 24.3 Å². The zero-order valence-electron chi connectivity index (χ0n) is 26.0. The Morgan fingerprint density at radius 3 is 2.40 bits per heavy atom. The van der Waals surface area contributed by atoms with Crippen LogP contribution in [0.3, 0.4) is 0 Å². The summed E-state index contributed by atoms with van der Waals surface area (Å²) in [6.07, 6.45) is -1.95. The van der Waals surface area contributed by atoms with Gasteiger partial charge in [0.15, 0.2) is 16.7 Å². The van der Waals surface area contributed by atoms with Crippen LogP contribution in [0.15, 0.2) is 54.6 Å². The molecule has 1 aliphatic rings. The summed E-state index contributed by atoms with van der Waals surface area (Å²) in [6.45, 7) is 3.96. The monoisotopic (exact) mass is 688 g/mol. The van der Waals surface area contributed by atoms with Gasteiger partial charge in [-0.05, 0) is 55.4 Å². The highest BCUT2D eigenvalue weighted by molar-refractivity contribution is 7.22. The van der Waals surface area contributed by atoms with Gasteiger partial charge < -0.3 is 20.7 Å². The molecule has 0 spiro atoms. The summed E-state index contributed by atoms with van der Waals surface area (Å²) in [5.74, 6) is -2.76. The van der Waals surface area contributed by atoms with Gasteiger partial charge in [-0.3, -0.25) is 14.4 Å². The zero-order chi connectivity index (χ0) is 34.6. The van der Waals surface area contributed by atoms with Crippen molar-refractivity contribution in [1.82, 2.24) is 10.3 Å². The largest absolute Gasteiger partial charge is 0.454 e. The number of nitrogens with zero attached hydrogens (tertiary/aromatic N) is 1. The Morgan fingerprint density at radius 2 is 1.69 bits per heavy atom. The van der Waals surface area contributed by atoms with E-state index in [9.17, 15) is 31.9 Å². The van der Waals surface area contributed by atoms with Crippen LogP contribution in [0.2, 0.25) is 0 Å². The fourth-order valence-electron chi connectivity index (χ4n) is 5.45. The van der Waals surface area contributed by atoms with Gasteiger partial charge in [0.1, 0.15) is 11.6 Å². The van der Waals surface area contributed by atoms with E-state index >= 15 is 4.39 Å². The highest BCUT2D eigenvalue weighted by Gasteiger charge is 2.31. The van der Waals surface area contributed by atoms with E-state index in [0.29, 0.717) is 42.3 Å². The van der Waals surface area contributed by atoms with Gasteiger partial charge in [-0.1, -0.05) is 43.4 Å². The van der Waals surface area contributed by atoms with Crippen molar-refractivity contribution in [3.05, 3.63) is 77.4 Å². The Morgan fingerprint density at radius 1 is 0.938 bits per heavy atom. The number of fused-ring (bicyclic) bond motifs is 1. The van der Waals surface area contributed by atoms with Crippen LogP contribution in [-0.4, -0.2) is 28.7 Å². The number of halogens is 5. The second-order valence-electron chi connectivity index (χ2n) is 12.1. The SMILES string of the molecule is CC(C)CC(=O)NC1CCC(C(=O)Nc2nc3cc(F)c(Oc4ccc(F)c(NC(=O)Cc5cccc(C(F)(F)F)c5)c4)cc3s2)CC1. The van der Waals surface area contributed by atoms with Gasteiger partial charge in [0, 0.05) is 36.6 Å². The van der Waals surface area contributed by atoms with Crippen molar-refractivity contribution in [2.75, 3.05) is 10.6 Å². The molecule has 0 atom stereocenters. The summed E-state index contributed by atoms with van der Waals surface area (Å²) in [7, 11) is 0. The summed E-state index contributed by atoms with van der Waals surface area (Å²) < 4.78 is 74.7. The fraction of sp³-hybridized carbons (Fsp3) is 0.353. The van der Waals surface area contributed by atoms with E-state index in [1.807, 2.05) is 13.8 Å². The average Bonchev–Trinajstić information content (AvgIpc) is 3.39. The van der Waals surface area contributed by atoms with Gasteiger partial charge in [0.05, 0.1) is 27.9 Å². The molecule has 48 heavy (non-hydrogen) atoms. The third kappa shape index (κ3) is 9.06. The summed E-state index contributed by atoms with van der Waals surface area (Å²) >= 11 is 1.12. The highest BCUT2D eigenvalue weighted by atomic mass is 32.1. The normalized spacial score (nSPS) is 16.5. The van der Waals surface area contributed by atoms with Crippen molar-refractivity contribution in [3.63, 3.8) is 0 Å². The number of ether oxygens (including phenoxy) is 1. The van der Waals surface area contributed by atoms with Crippen LogP contribution < -0.4 is 20.7 Å². The van der Waals surface area contributed by atoms with Crippen molar-refractivity contribution in [1.29, 1.82) is 0 Å². The van der Waals surface area contributed by atoms with Gasteiger partial charge in [-0.25, -0.2) is 13.8 Å². The zero-order valence-corrected chi connectivity index (χ0v) is 26.9. The first-order valence-corrected chi connectivity index (χ1v) is 16.2. The third-order valence-corrected chi connectivity index (χ3v) is 8.72. The van der Waals surface area contributed by atoms with Crippen molar-refractivity contribution < 1.29 is 41.1 Å². The number of rotatable bonds is 10. The Bertz CT molecular complexity index is 1820. The molecule has 1 saturated carbocycles. The lowest BCUT2D eigenvalue weighted by atomic mass is 9.85. The molecule has 8 nitrogen and oxygen atoms in total. The first-order chi connectivity index (χ1) is 22.7. The summed E-state index contributed by atoms with van der Waals surface area (Å²) in [5.41, 5.74) is -0.842. The molecule has 0 saturated heterocycles. The molecule has 0 bridgehead atoms. The van der Waals surface area contributed by atoms with Crippen LogP contribution in [0, 0.1) is 23.5 Å². The second-order valence-corrected chi connectivity index (χ2v) is 13.2. The molecule has 3 aromatic carbocycles. The number of hydrogen-bond acceptors (Lipinski definition) is 6. The Kier molecular flexibility index (Phi) is 10.6.